The lowest BCUT2D eigenvalue weighted by Crippen LogP contribution is -2.46. The number of carbonyl (C=O) groups is 4. The molecule has 1 unspecified atom stereocenters. The zero-order valence-electron chi connectivity index (χ0n) is 34.9. The number of esters is 3. The Morgan fingerprint density at radius 2 is 1.55 bits per heavy atom. The van der Waals surface area contributed by atoms with Gasteiger partial charge in [0.1, 0.15) is 24.0 Å². The van der Waals surface area contributed by atoms with E-state index in [0.29, 0.717) is 34.3 Å². The number of hydrogen-bond donors (Lipinski definition) is 2. The highest BCUT2D eigenvalue weighted by Crippen LogP contribution is 2.38. The van der Waals surface area contributed by atoms with E-state index in [0.717, 1.165) is 32.8 Å². The zero-order chi connectivity index (χ0) is 41.9. The largest absolute Gasteiger partial charge is 0.458 e. The minimum atomic E-state index is -2.41. The van der Waals surface area contributed by atoms with Crippen molar-refractivity contribution in [3.63, 3.8) is 0 Å². The van der Waals surface area contributed by atoms with Gasteiger partial charge in [-0.15, -0.1) is 0 Å². The molecule has 13 nitrogen and oxygen atoms in total. The van der Waals surface area contributed by atoms with Crippen molar-refractivity contribution in [1.82, 2.24) is 14.9 Å². The van der Waals surface area contributed by atoms with E-state index < -0.39 is 46.8 Å². The van der Waals surface area contributed by atoms with Gasteiger partial charge in [0.25, 0.3) is 11.3 Å². The Labute approximate surface area is 341 Å². The Balaban J connectivity index is 1.09. The number of amides is 1. The van der Waals surface area contributed by atoms with E-state index in [4.69, 9.17) is 23.9 Å². The number of carbonyl (C=O) groups excluding carboxylic acids is 4. The molecular weight excluding hydrogens is 743 g/mol. The molecule has 2 N–H and O–H groups in total. The van der Waals surface area contributed by atoms with Crippen LogP contribution in [0.15, 0.2) is 35.1 Å². The summed E-state index contributed by atoms with van der Waals surface area (Å²) in [5.41, 5.74) is 1.23. The van der Waals surface area contributed by atoms with E-state index in [1.54, 1.807) is 39.0 Å². The van der Waals surface area contributed by atoms with Gasteiger partial charge in [-0.3, -0.25) is 14.4 Å². The van der Waals surface area contributed by atoms with Crippen LogP contribution >= 0.6 is 0 Å². The minimum absolute atomic E-state index is 0.0265. The van der Waals surface area contributed by atoms with Crippen molar-refractivity contribution >= 4 is 34.7 Å². The molecule has 3 aromatic rings. The molecule has 0 saturated carbocycles. The average molecular weight is 804 g/mol. The van der Waals surface area contributed by atoms with Gasteiger partial charge >= 0.3 is 17.9 Å². The normalized spacial score (nSPS) is 16.3. The predicted octanol–water partition coefficient (Wildman–Crippen LogP) is 7.66. The maximum Gasteiger partial charge on any atom is 0.372 e. The summed E-state index contributed by atoms with van der Waals surface area (Å²) in [7, 11) is 1.16. The molecule has 4 heterocycles. The number of unbranched alkanes of at least 4 members (excludes halogenated alkanes) is 13. The van der Waals surface area contributed by atoms with E-state index in [1.165, 1.54) is 74.8 Å². The lowest BCUT2D eigenvalue weighted by atomic mass is 9.97. The number of benzene rings is 1. The fraction of sp³-hybridized carbons (Fsp3) is 0.600. The van der Waals surface area contributed by atoms with Crippen molar-refractivity contribution in [2.24, 2.45) is 0 Å². The third-order valence-electron chi connectivity index (χ3n) is 10.8. The quantitative estimate of drug-likeness (QED) is 0.0346. The lowest BCUT2D eigenvalue weighted by molar-refractivity contribution is -0.231. The number of nitrogens with one attached hydrogen (secondary N) is 1. The van der Waals surface area contributed by atoms with Crippen LogP contribution in [0.4, 0.5) is 0 Å². The number of fused-ring (bicyclic) bond motifs is 5. The van der Waals surface area contributed by atoms with Gasteiger partial charge in [-0.05, 0) is 57.5 Å². The van der Waals surface area contributed by atoms with Crippen LogP contribution in [0.5, 0.6) is 5.75 Å². The Morgan fingerprint density at radius 3 is 2.17 bits per heavy atom. The smallest absolute Gasteiger partial charge is 0.372 e. The van der Waals surface area contributed by atoms with Crippen LogP contribution in [0.25, 0.3) is 22.3 Å². The van der Waals surface area contributed by atoms with Gasteiger partial charge in [0.2, 0.25) is 5.91 Å². The Hall–Kier alpha value is -4.62. The number of methoxy groups -OCH3 is 1. The number of cyclic esters (lactones) is 1. The first-order chi connectivity index (χ1) is 27.7. The number of pyridine rings is 2. The summed E-state index contributed by atoms with van der Waals surface area (Å²) < 4.78 is 22.8. The monoisotopic (exact) mass is 803 g/mol. The number of aromatic nitrogens is 2. The highest BCUT2D eigenvalue weighted by molar-refractivity contribution is 5.89. The Bertz CT molecular complexity index is 2000. The first kappa shape index (κ1) is 44.5. The SMILES string of the molecule is CCCCCCCCCCCCCCCCC(NC(=O)CCC(=O)Oc1ccc2nc3c(cc2c1)Cn1c-3cc2c(c1=O)COC(=O)[C@]2(O)OC)C(=O)OC(C)(C)C. The zero-order valence-corrected chi connectivity index (χ0v) is 34.9. The summed E-state index contributed by atoms with van der Waals surface area (Å²) in [4.78, 5) is 69.4. The minimum Gasteiger partial charge on any atom is -0.458 e. The fourth-order valence-corrected chi connectivity index (χ4v) is 7.63. The third kappa shape index (κ3) is 11.5. The van der Waals surface area contributed by atoms with E-state index >= 15 is 0 Å². The molecule has 1 amide bonds. The van der Waals surface area contributed by atoms with Crippen LogP contribution in [-0.2, 0) is 52.3 Å². The second-order valence-corrected chi connectivity index (χ2v) is 16.6. The molecule has 2 aliphatic rings. The molecule has 316 valence electrons. The summed E-state index contributed by atoms with van der Waals surface area (Å²) in [6, 6.07) is 7.49. The summed E-state index contributed by atoms with van der Waals surface area (Å²) in [5, 5.41) is 14.3. The second kappa shape index (κ2) is 20.4. The van der Waals surface area contributed by atoms with Crippen LogP contribution in [0.3, 0.4) is 0 Å². The predicted molar refractivity (Wildman–Crippen MR) is 219 cm³/mol. The van der Waals surface area contributed by atoms with Crippen molar-refractivity contribution in [1.29, 1.82) is 0 Å². The molecule has 2 atom stereocenters. The van der Waals surface area contributed by atoms with Gasteiger partial charge < -0.3 is 33.9 Å². The second-order valence-electron chi connectivity index (χ2n) is 16.6. The lowest BCUT2D eigenvalue weighted by Gasteiger charge is -2.30. The van der Waals surface area contributed by atoms with E-state index in [1.807, 2.05) is 6.07 Å². The number of nitrogens with zero attached hydrogens (tertiary/aromatic N) is 2. The topological polar surface area (TPSA) is 172 Å². The van der Waals surface area contributed by atoms with Gasteiger partial charge in [0, 0.05) is 30.0 Å². The van der Waals surface area contributed by atoms with Crippen molar-refractivity contribution in [2.75, 3.05) is 7.11 Å². The molecule has 1 aromatic carbocycles. The molecule has 5 rings (SSSR count). The highest BCUT2D eigenvalue weighted by Gasteiger charge is 2.47. The number of aliphatic hydroxyl groups is 1. The molecule has 13 heteroatoms. The molecule has 0 spiro atoms. The number of ether oxygens (including phenoxy) is 4. The Kier molecular flexibility index (Phi) is 15.6. The standard InChI is InChI=1S/C45H61N3O10/c1-6-7-8-9-10-11-12-13-14-15-16-17-18-19-20-36(42(52)58-44(2,3)4)46-38(49)23-24-39(50)57-32-21-22-35-30(26-32)25-31-28-48-37(40(31)47-35)27-34-33(41(48)51)29-56-43(53)45(34,54)55-5/h21-22,25-27,36,54H,6-20,23-24,28-29H2,1-5H3,(H,46,49)/t36?,45-/m1/s1. The van der Waals surface area contributed by atoms with Crippen molar-refractivity contribution in [3.8, 4) is 17.1 Å². The molecular formula is C45H61N3O10. The van der Waals surface area contributed by atoms with E-state index in [-0.39, 0.29) is 42.9 Å². The average Bonchev–Trinajstić information content (AvgIpc) is 3.54. The molecule has 0 bridgehead atoms. The van der Waals surface area contributed by atoms with E-state index in [2.05, 4.69) is 12.2 Å². The van der Waals surface area contributed by atoms with Crippen LogP contribution < -0.4 is 15.6 Å². The van der Waals surface area contributed by atoms with Crippen LogP contribution in [0.1, 0.15) is 154 Å². The van der Waals surface area contributed by atoms with Gasteiger partial charge in [-0.2, -0.15) is 0 Å². The summed E-state index contributed by atoms with van der Waals surface area (Å²) in [5.74, 6) is -4.69. The molecule has 0 radical (unpaired) electrons. The third-order valence-corrected chi connectivity index (χ3v) is 10.8. The summed E-state index contributed by atoms with van der Waals surface area (Å²) in [6.07, 6.45) is 17.2. The van der Waals surface area contributed by atoms with Crippen molar-refractivity contribution in [3.05, 3.63) is 57.4 Å². The number of hydrogen-bond acceptors (Lipinski definition) is 11. The molecule has 58 heavy (non-hydrogen) atoms. The van der Waals surface area contributed by atoms with Crippen LogP contribution in [0, 0.1) is 0 Å². The molecule has 2 aliphatic heterocycles. The highest BCUT2D eigenvalue weighted by atomic mass is 16.7. The maximum absolute atomic E-state index is 13.4. The maximum atomic E-state index is 13.4. The van der Waals surface area contributed by atoms with Crippen molar-refractivity contribution < 1.29 is 43.2 Å². The van der Waals surface area contributed by atoms with Gasteiger partial charge in [-0.1, -0.05) is 96.8 Å². The fourth-order valence-electron chi connectivity index (χ4n) is 7.63. The van der Waals surface area contributed by atoms with Crippen LogP contribution in [-0.4, -0.2) is 57.2 Å². The first-order valence-corrected chi connectivity index (χ1v) is 21.1. The summed E-state index contributed by atoms with van der Waals surface area (Å²) >= 11 is 0. The van der Waals surface area contributed by atoms with Gasteiger partial charge in [-0.25, -0.2) is 14.6 Å². The van der Waals surface area contributed by atoms with E-state index in [9.17, 15) is 29.1 Å². The van der Waals surface area contributed by atoms with Crippen molar-refractivity contribution in [2.45, 2.75) is 167 Å². The summed E-state index contributed by atoms with van der Waals surface area (Å²) in [6.45, 7) is 7.52. The first-order valence-electron chi connectivity index (χ1n) is 21.1. The Morgan fingerprint density at radius 1 is 0.914 bits per heavy atom. The molecule has 2 aromatic heterocycles. The van der Waals surface area contributed by atoms with Crippen LogP contribution in [0.2, 0.25) is 0 Å². The molecule has 0 saturated heterocycles. The van der Waals surface area contributed by atoms with Gasteiger partial charge in [0.05, 0.1) is 35.4 Å². The molecule has 0 aliphatic carbocycles. The number of rotatable bonds is 22. The molecule has 0 fully saturated rings. The van der Waals surface area contributed by atoms with Gasteiger partial charge in [0.15, 0.2) is 0 Å².